The van der Waals surface area contributed by atoms with Crippen molar-refractivity contribution in [3.8, 4) is 0 Å². The van der Waals surface area contributed by atoms with Gasteiger partial charge in [-0.25, -0.2) is 19.4 Å². The summed E-state index contributed by atoms with van der Waals surface area (Å²) in [5, 5.41) is 17.2. The van der Waals surface area contributed by atoms with E-state index in [4.69, 9.17) is 16.0 Å². The molecule has 0 aliphatic carbocycles. The lowest BCUT2D eigenvalue weighted by Crippen LogP contribution is -2.50. The van der Waals surface area contributed by atoms with Crippen molar-refractivity contribution in [2.24, 2.45) is 10.9 Å². The van der Waals surface area contributed by atoms with Gasteiger partial charge in [0.05, 0.1) is 43.3 Å². The topological polar surface area (TPSA) is 168 Å². The molecule has 2 aliphatic heterocycles. The van der Waals surface area contributed by atoms with Crippen molar-refractivity contribution in [3.05, 3.63) is 21.5 Å². The summed E-state index contributed by atoms with van der Waals surface area (Å²) < 4.78 is 25.5. The molecule has 1 aromatic rings. The zero-order valence-electron chi connectivity index (χ0n) is 19.7. The van der Waals surface area contributed by atoms with Crippen molar-refractivity contribution in [2.45, 2.75) is 13.0 Å². The first kappa shape index (κ1) is 27.3. The number of carbonyl (C=O) groups is 3. The number of cyclic esters (lactones) is 1. The SMILES string of the molecule is C=Ic1cc(N2C[C@H](CNC(C)=O)OC2=O)cc(F)c1N1CCNN(C(=O)NCC(C=N)=NN)CC1. The molecule has 13 nitrogen and oxygen atoms in total. The maximum absolute atomic E-state index is 15.4. The zero-order chi connectivity index (χ0) is 26.2. The Hall–Kier alpha value is -3.34. The number of hydrazone groups is 1. The Kier molecular flexibility index (Phi) is 9.51. The maximum Gasteiger partial charge on any atom is 0.414 e. The number of hydrogen-bond acceptors (Lipinski definition) is 9. The summed E-state index contributed by atoms with van der Waals surface area (Å²) in [6, 6.07) is 2.64. The highest BCUT2D eigenvalue weighted by Crippen LogP contribution is 2.34. The highest BCUT2D eigenvalue weighted by molar-refractivity contribution is 14.2. The molecular formula is C21H29FIN9O4. The summed E-state index contributed by atoms with van der Waals surface area (Å²) in [7, 11) is 0. The van der Waals surface area contributed by atoms with E-state index in [1.54, 1.807) is 6.07 Å². The average Bonchev–Trinajstić information content (AvgIpc) is 3.06. The summed E-state index contributed by atoms with van der Waals surface area (Å²) >= 11 is -0.808. The number of rotatable bonds is 8. The molecule has 0 unspecified atom stereocenters. The lowest BCUT2D eigenvalue weighted by atomic mass is 10.2. The van der Waals surface area contributed by atoms with Gasteiger partial charge in [0.25, 0.3) is 0 Å². The normalized spacial score (nSPS) is 18.5. The van der Waals surface area contributed by atoms with Crippen LogP contribution >= 0.6 is 20.7 Å². The molecule has 196 valence electrons. The first-order chi connectivity index (χ1) is 17.3. The van der Waals surface area contributed by atoms with E-state index < -0.39 is 44.8 Å². The van der Waals surface area contributed by atoms with Gasteiger partial charge < -0.3 is 31.5 Å². The molecule has 1 aromatic carbocycles. The molecule has 4 amide bonds. The highest BCUT2D eigenvalue weighted by Gasteiger charge is 2.33. The number of nitrogens with two attached hydrogens (primary N) is 1. The van der Waals surface area contributed by atoms with E-state index in [-0.39, 0.29) is 37.8 Å². The molecule has 2 fully saturated rings. The Morgan fingerprint density at radius 2 is 2.17 bits per heavy atom. The third kappa shape index (κ3) is 6.66. The Morgan fingerprint density at radius 1 is 1.39 bits per heavy atom. The molecule has 2 saturated heterocycles. The Balaban J connectivity index is 1.71. The van der Waals surface area contributed by atoms with Crippen molar-refractivity contribution < 1.29 is 23.5 Å². The van der Waals surface area contributed by atoms with Gasteiger partial charge in [0, 0.05) is 36.3 Å². The van der Waals surface area contributed by atoms with Gasteiger partial charge in [0.15, 0.2) is 0 Å². The van der Waals surface area contributed by atoms with Crippen LogP contribution in [-0.4, -0.2) is 91.4 Å². The van der Waals surface area contributed by atoms with Crippen molar-refractivity contribution >= 4 is 66.6 Å². The molecular weight excluding hydrogens is 588 g/mol. The molecule has 0 spiro atoms. The Morgan fingerprint density at radius 3 is 2.83 bits per heavy atom. The summed E-state index contributed by atoms with van der Waals surface area (Å²) in [5.41, 5.74) is 4.01. The van der Waals surface area contributed by atoms with Crippen molar-refractivity contribution in [2.75, 3.05) is 55.6 Å². The number of anilines is 2. The fourth-order valence-electron chi connectivity index (χ4n) is 3.73. The van der Waals surface area contributed by atoms with Gasteiger partial charge in [-0.05, 0) is 12.1 Å². The van der Waals surface area contributed by atoms with E-state index in [0.29, 0.717) is 31.0 Å². The molecule has 2 aliphatic rings. The summed E-state index contributed by atoms with van der Waals surface area (Å²) in [6.45, 7) is 3.22. The molecule has 15 heteroatoms. The second-order valence-corrected chi connectivity index (χ2v) is 9.84. The van der Waals surface area contributed by atoms with Crippen LogP contribution in [0.3, 0.4) is 0 Å². The van der Waals surface area contributed by atoms with Crippen LogP contribution in [0.25, 0.3) is 0 Å². The number of amides is 4. The molecule has 2 heterocycles. The van der Waals surface area contributed by atoms with Crippen molar-refractivity contribution in [1.29, 1.82) is 5.41 Å². The predicted octanol–water partition coefficient (Wildman–Crippen LogP) is 0.160. The van der Waals surface area contributed by atoms with E-state index in [9.17, 15) is 14.4 Å². The predicted molar refractivity (Wildman–Crippen MR) is 143 cm³/mol. The minimum Gasteiger partial charge on any atom is -0.442 e. The fraction of sp³-hybridized carbons (Fsp3) is 0.429. The van der Waals surface area contributed by atoms with Crippen LogP contribution in [0.5, 0.6) is 0 Å². The van der Waals surface area contributed by atoms with Gasteiger partial charge in [-0.3, -0.25) is 14.7 Å². The maximum atomic E-state index is 15.4. The minimum absolute atomic E-state index is 0.0114. The lowest BCUT2D eigenvalue weighted by molar-refractivity contribution is -0.119. The standard InChI is InChI=1S/C21H29FIN9O4/c1-13(33)26-11-16-12-31(21(35)36-16)15-7-17(22)19(18(8-15)23-2)30-4-3-28-32(6-5-30)20(34)27-10-14(9-24)29-25/h7-9,16,24,28H,2-6,10-12,25H2,1H3,(H,26,33)(H,27,34)/t16-/m0/s1. The summed E-state index contributed by atoms with van der Waals surface area (Å²) in [4.78, 5) is 39.2. The van der Waals surface area contributed by atoms with Crippen molar-refractivity contribution in [3.63, 3.8) is 0 Å². The van der Waals surface area contributed by atoms with Gasteiger partial charge in [0.1, 0.15) is 11.9 Å². The van der Waals surface area contributed by atoms with E-state index >= 15 is 4.39 Å². The Bertz CT molecular complexity index is 1070. The molecule has 0 aromatic heterocycles. The smallest absolute Gasteiger partial charge is 0.414 e. The lowest BCUT2D eigenvalue weighted by Gasteiger charge is -2.26. The van der Waals surface area contributed by atoms with Gasteiger partial charge in [-0.15, -0.1) is 0 Å². The molecule has 0 saturated carbocycles. The first-order valence-electron chi connectivity index (χ1n) is 11.0. The molecule has 6 N–H and O–H groups in total. The van der Waals surface area contributed by atoms with Crippen LogP contribution in [0.1, 0.15) is 6.92 Å². The van der Waals surface area contributed by atoms with Crippen LogP contribution in [0, 0.1) is 14.8 Å². The van der Waals surface area contributed by atoms with E-state index in [1.165, 1.54) is 22.9 Å². The second-order valence-electron chi connectivity index (χ2n) is 7.92. The Labute approximate surface area is 217 Å². The first-order valence-corrected chi connectivity index (χ1v) is 13.6. The number of nitrogens with zero attached hydrogens (tertiary/aromatic N) is 4. The largest absolute Gasteiger partial charge is 0.442 e. The van der Waals surface area contributed by atoms with Crippen molar-refractivity contribution in [1.82, 2.24) is 21.1 Å². The van der Waals surface area contributed by atoms with Gasteiger partial charge >= 0.3 is 12.1 Å². The number of urea groups is 1. The van der Waals surface area contributed by atoms with Crippen LogP contribution in [0.2, 0.25) is 0 Å². The monoisotopic (exact) mass is 617 g/mol. The summed E-state index contributed by atoms with van der Waals surface area (Å²) in [5.74, 6) is 4.44. The zero-order valence-corrected chi connectivity index (χ0v) is 21.9. The molecule has 0 bridgehead atoms. The summed E-state index contributed by atoms with van der Waals surface area (Å²) in [6.07, 6.45) is -0.169. The number of nitrogens with one attached hydrogen (secondary N) is 4. The fourth-order valence-corrected chi connectivity index (χ4v) is 5.23. The third-order valence-electron chi connectivity index (χ3n) is 5.50. The van der Waals surface area contributed by atoms with Crippen LogP contribution in [0.4, 0.5) is 25.4 Å². The molecule has 36 heavy (non-hydrogen) atoms. The van der Waals surface area contributed by atoms with E-state index in [0.717, 1.165) is 9.78 Å². The van der Waals surface area contributed by atoms with Gasteiger partial charge in [-0.1, -0.05) is 25.2 Å². The molecule has 1 atom stereocenters. The number of ether oxygens (including phenoxy) is 1. The van der Waals surface area contributed by atoms with Gasteiger partial charge in [-0.2, -0.15) is 5.10 Å². The number of hydrogen-bond donors (Lipinski definition) is 5. The molecule has 3 rings (SSSR count). The highest BCUT2D eigenvalue weighted by atomic mass is 127. The number of carbonyl (C=O) groups excluding carboxylic acids is 3. The number of hydrazine groups is 1. The number of benzene rings is 1. The van der Waals surface area contributed by atoms with E-state index in [1.807, 2.05) is 4.90 Å². The minimum atomic E-state index is -0.808. The van der Waals surface area contributed by atoms with Gasteiger partial charge in [0.2, 0.25) is 5.91 Å². The van der Waals surface area contributed by atoms with Crippen LogP contribution in [0.15, 0.2) is 17.2 Å². The average molecular weight is 617 g/mol. The number of halogens is 2. The van der Waals surface area contributed by atoms with Crippen LogP contribution in [-0.2, 0) is 9.53 Å². The van der Waals surface area contributed by atoms with Crippen LogP contribution < -0.4 is 31.7 Å². The van der Waals surface area contributed by atoms with E-state index in [2.05, 4.69) is 25.7 Å². The third-order valence-corrected chi connectivity index (χ3v) is 7.15. The second kappa shape index (κ2) is 12.6. The quantitative estimate of drug-likeness (QED) is 0.120. The molecule has 0 radical (unpaired) electrons.